The van der Waals surface area contributed by atoms with E-state index in [1.807, 2.05) is 24.3 Å². The van der Waals surface area contributed by atoms with Gasteiger partial charge >= 0.3 is 0 Å². The van der Waals surface area contributed by atoms with Gasteiger partial charge in [0.05, 0.1) is 5.94 Å². The minimum absolute atomic E-state index is 0.143. The van der Waals surface area contributed by atoms with E-state index < -0.39 is 0 Å². The van der Waals surface area contributed by atoms with Crippen LogP contribution in [0.2, 0.25) is 0 Å². The van der Waals surface area contributed by atoms with Crippen molar-refractivity contribution < 1.29 is 5.11 Å². The number of aliphatic hydroxyl groups is 1. The van der Waals surface area contributed by atoms with Crippen molar-refractivity contribution in [1.82, 2.24) is 0 Å². The molecule has 0 bridgehead atoms. The molecule has 1 nitrogen and oxygen atoms in total. The van der Waals surface area contributed by atoms with Crippen LogP contribution in [0.3, 0.4) is 0 Å². The van der Waals surface area contributed by atoms with Gasteiger partial charge in [0, 0.05) is 4.90 Å². The Bertz CT molecular complexity index is 162. The highest BCUT2D eigenvalue weighted by molar-refractivity contribution is 7.99. The topological polar surface area (TPSA) is 20.2 Å². The second kappa shape index (κ2) is 3.54. The molecule has 9 heavy (non-hydrogen) atoms. The summed E-state index contributed by atoms with van der Waals surface area (Å²) < 4.78 is 0. The fraction of sp³-hybridized carbons (Fsp3) is 0.143. The van der Waals surface area contributed by atoms with Crippen LogP contribution < -0.4 is 0 Å². The molecule has 0 spiro atoms. The van der Waals surface area contributed by atoms with E-state index in [2.05, 4.69) is 6.07 Å². The second-order valence-electron chi connectivity index (χ2n) is 1.51. The predicted molar refractivity (Wildman–Crippen MR) is 38.2 cm³/mol. The molecule has 0 aliphatic carbocycles. The van der Waals surface area contributed by atoms with Crippen LogP contribution in [0.1, 0.15) is 0 Å². The summed E-state index contributed by atoms with van der Waals surface area (Å²) >= 11 is 1.41. The first kappa shape index (κ1) is 6.65. The standard InChI is InChI=1S/C7H7OS/c8-6-9-7-4-2-1-3-5-7/h2-5,8H,6H2. The first-order valence-corrected chi connectivity index (χ1v) is 3.62. The number of benzene rings is 1. The van der Waals surface area contributed by atoms with Crippen LogP contribution in [0.4, 0.5) is 0 Å². The van der Waals surface area contributed by atoms with E-state index in [0.717, 1.165) is 4.90 Å². The third-order valence-corrected chi connectivity index (χ3v) is 1.65. The van der Waals surface area contributed by atoms with Gasteiger partial charge in [-0.05, 0) is 18.2 Å². The van der Waals surface area contributed by atoms with E-state index in [1.54, 1.807) is 0 Å². The number of thioether (sulfide) groups is 1. The monoisotopic (exact) mass is 139 g/mol. The quantitative estimate of drug-likeness (QED) is 0.495. The zero-order valence-corrected chi connectivity index (χ0v) is 5.69. The lowest BCUT2D eigenvalue weighted by molar-refractivity contribution is 0.375. The van der Waals surface area contributed by atoms with Gasteiger partial charge < -0.3 is 5.11 Å². The fourth-order valence-electron chi connectivity index (χ4n) is 0.542. The molecule has 1 radical (unpaired) electrons. The third-order valence-electron chi connectivity index (χ3n) is 0.919. The molecular weight excluding hydrogens is 132 g/mol. The molecule has 0 fully saturated rings. The molecule has 1 aromatic carbocycles. The van der Waals surface area contributed by atoms with Gasteiger partial charge in [0.1, 0.15) is 0 Å². The Morgan fingerprint density at radius 1 is 1.44 bits per heavy atom. The second-order valence-corrected chi connectivity index (χ2v) is 2.53. The summed E-state index contributed by atoms with van der Waals surface area (Å²) in [6.45, 7) is 0. The minimum Gasteiger partial charge on any atom is -0.385 e. The van der Waals surface area contributed by atoms with Crippen molar-refractivity contribution in [1.29, 1.82) is 0 Å². The van der Waals surface area contributed by atoms with E-state index in [0.29, 0.717) is 0 Å². The normalized spacial score (nSPS) is 9.44. The van der Waals surface area contributed by atoms with E-state index in [-0.39, 0.29) is 5.94 Å². The number of rotatable bonds is 2. The Hall–Kier alpha value is -0.470. The zero-order chi connectivity index (χ0) is 6.53. The van der Waals surface area contributed by atoms with Crippen LogP contribution in [0.5, 0.6) is 0 Å². The Labute approximate surface area is 58.7 Å². The molecule has 0 atom stereocenters. The highest BCUT2D eigenvalue weighted by atomic mass is 32.2. The van der Waals surface area contributed by atoms with Crippen LogP contribution in [-0.2, 0) is 0 Å². The highest BCUT2D eigenvalue weighted by Gasteiger charge is 1.85. The molecule has 1 N–H and O–H groups in total. The lowest BCUT2D eigenvalue weighted by Crippen LogP contribution is -1.72. The molecule has 2 heteroatoms. The molecule has 0 saturated heterocycles. The van der Waals surface area contributed by atoms with Gasteiger partial charge in [0.15, 0.2) is 0 Å². The molecule has 1 rings (SSSR count). The molecule has 47 valence electrons. The van der Waals surface area contributed by atoms with Crippen LogP contribution in [0, 0.1) is 6.07 Å². The summed E-state index contributed by atoms with van der Waals surface area (Å²) in [5, 5.41) is 8.47. The molecule has 1 aromatic rings. The summed E-state index contributed by atoms with van der Waals surface area (Å²) in [5.41, 5.74) is 0. The first-order chi connectivity index (χ1) is 4.43. The van der Waals surface area contributed by atoms with Gasteiger partial charge in [0.25, 0.3) is 0 Å². The van der Waals surface area contributed by atoms with Gasteiger partial charge in [-0.25, -0.2) is 0 Å². The van der Waals surface area contributed by atoms with Crippen molar-refractivity contribution in [2.24, 2.45) is 0 Å². The van der Waals surface area contributed by atoms with Gasteiger partial charge in [-0.3, -0.25) is 0 Å². The Morgan fingerprint density at radius 3 is 2.67 bits per heavy atom. The van der Waals surface area contributed by atoms with E-state index in [1.165, 1.54) is 11.8 Å². The zero-order valence-electron chi connectivity index (χ0n) is 4.87. The van der Waals surface area contributed by atoms with Crippen molar-refractivity contribution >= 4 is 11.8 Å². The smallest absolute Gasteiger partial charge is 0.0932 e. The summed E-state index contributed by atoms with van der Waals surface area (Å²) in [6.07, 6.45) is 0. The van der Waals surface area contributed by atoms with Crippen LogP contribution >= 0.6 is 11.8 Å². The van der Waals surface area contributed by atoms with Crippen LogP contribution in [0.15, 0.2) is 29.2 Å². The van der Waals surface area contributed by atoms with Crippen molar-refractivity contribution in [2.45, 2.75) is 4.90 Å². The maximum absolute atomic E-state index is 8.47. The van der Waals surface area contributed by atoms with E-state index in [4.69, 9.17) is 5.11 Å². The van der Waals surface area contributed by atoms with Crippen molar-refractivity contribution in [3.63, 3.8) is 0 Å². The molecule has 0 unspecified atom stereocenters. The number of hydrogen-bond donors (Lipinski definition) is 1. The Balaban J connectivity index is 2.61. The van der Waals surface area contributed by atoms with Crippen LogP contribution in [-0.4, -0.2) is 11.0 Å². The largest absolute Gasteiger partial charge is 0.385 e. The van der Waals surface area contributed by atoms with Crippen molar-refractivity contribution in [3.05, 3.63) is 30.3 Å². The lowest BCUT2D eigenvalue weighted by Gasteiger charge is -1.92. The third kappa shape index (κ3) is 2.08. The van der Waals surface area contributed by atoms with Crippen molar-refractivity contribution in [2.75, 3.05) is 5.94 Å². The maximum Gasteiger partial charge on any atom is 0.0932 e. The minimum atomic E-state index is 0.143. The molecule has 0 amide bonds. The fourth-order valence-corrected chi connectivity index (χ4v) is 1.02. The molecule has 0 aliphatic rings. The van der Waals surface area contributed by atoms with Gasteiger partial charge in [-0.1, -0.05) is 23.9 Å². The summed E-state index contributed by atoms with van der Waals surface area (Å²) in [4.78, 5) is 1.08. The molecular formula is C7H7OS. The summed E-state index contributed by atoms with van der Waals surface area (Å²) in [6, 6.07) is 10.4. The summed E-state index contributed by atoms with van der Waals surface area (Å²) in [5.74, 6) is 0.143. The molecule has 0 saturated carbocycles. The number of hydrogen-bond acceptors (Lipinski definition) is 2. The Morgan fingerprint density at radius 2 is 2.11 bits per heavy atom. The molecule has 0 aromatic heterocycles. The summed E-state index contributed by atoms with van der Waals surface area (Å²) in [7, 11) is 0. The average molecular weight is 139 g/mol. The molecule has 0 heterocycles. The first-order valence-electron chi connectivity index (χ1n) is 2.63. The Kier molecular flexibility index (Phi) is 2.61. The van der Waals surface area contributed by atoms with E-state index in [9.17, 15) is 0 Å². The van der Waals surface area contributed by atoms with Crippen molar-refractivity contribution in [3.8, 4) is 0 Å². The van der Waals surface area contributed by atoms with Gasteiger partial charge in [-0.15, -0.1) is 0 Å². The lowest BCUT2D eigenvalue weighted by atomic mass is 10.4. The van der Waals surface area contributed by atoms with E-state index >= 15 is 0 Å². The predicted octanol–water partition coefficient (Wildman–Crippen LogP) is 1.53. The SMILES string of the molecule is OCSc1cc[c]cc1. The highest BCUT2D eigenvalue weighted by Crippen LogP contribution is 2.14. The maximum atomic E-state index is 8.47. The van der Waals surface area contributed by atoms with Gasteiger partial charge in [0.2, 0.25) is 0 Å². The van der Waals surface area contributed by atoms with Gasteiger partial charge in [-0.2, -0.15) is 0 Å². The number of aliphatic hydroxyl groups excluding tert-OH is 1. The van der Waals surface area contributed by atoms with Crippen LogP contribution in [0.25, 0.3) is 0 Å². The average Bonchev–Trinajstić information content (AvgIpc) is 1.91. The molecule has 0 aliphatic heterocycles.